The minimum Gasteiger partial charge on any atom is -0.437 e. The zero-order chi connectivity index (χ0) is 10.6. The highest BCUT2D eigenvalue weighted by Gasteiger charge is 2.08. The number of nitrogens with one attached hydrogen (secondary N) is 1. The first-order chi connectivity index (χ1) is 6.58. The standard InChI is InChI=1S/C10H17BN2O/c1-8(13-11(2)14)7-9-3-5-10(12)6-4-9/h3-6,8,13-14H,7,12H2,1-2H3. The van der Waals surface area contributed by atoms with Crippen LogP contribution in [0.25, 0.3) is 0 Å². The van der Waals surface area contributed by atoms with E-state index < -0.39 is 7.05 Å². The molecule has 3 nitrogen and oxygen atoms in total. The zero-order valence-corrected chi connectivity index (χ0v) is 8.70. The molecule has 0 aromatic heterocycles. The van der Waals surface area contributed by atoms with Gasteiger partial charge in [0.05, 0.1) is 0 Å². The molecule has 1 aromatic carbocycles. The van der Waals surface area contributed by atoms with Gasteiger partial charge in [-0.1, -0.05) is 19.1 Å². The smallest absolute Gasteiger partial charge is 0.373 e. The molecule has 0 heterocycles. The number of nitrogen functional groups attached to an aromatic ring is 1. The number of anilines is 1. The highest BCUT2D eigenvalue weighted by atomic mass is 16.2. The molecule has 0 bridgehead atoms. The maximum absolute atomic E-state index is 9.11. The number of rotatable bonds is 4. The second-order valence-electron chi connectivity index (χ2n) is 3.69. The molecule has 4 heteroatoms. The normalized spacial score (nSPS) is 12.5. The van der Waals surface area contributed by atoms with Gasteiger partial charge in [-0.05, 0) is 37.0 Å². The zero-order valence-electron chi connectivity index (χ0n) is 8.70. The summed E-state index contributed by atoms with van der Waals surface area (Å²) in [6.07, 6.45) is 0.894. The van der Waals surface area contributed by atoms with E-state index in [0.717, 1.165) is 12.1 Å². The minimum atomic E-state index is -0.459. The lowest BCUT2D eigenvalue weighted by atomic mass is 9.86. The lowest BCUT2D eigenvalue weighted by Crippen LogP contribution is -2.39. The Morgan fingerprint density at radius 3 is 2.50 bits per heavy atom. The fraction of sp³-hybridized carbons (Fsp3) is 0.400. The van der Waals surface area contributed by atoms with Crippen molar-refractivity contribution in [2.24, 2.45) is 0 Å². The van der Waals surface area contributed by atoms with Crippen molar-refractivity contribution in [3.63, 3.8) is 0 Å². The van der Waals surface area contributed by atoms with Crippen LogP contribution in [0.1, 0.15) is 12.5 Å². The van der Waals surface area contributed by atoms with E-state index >= 15 is 0 Å². The quantitative estimate of drug-likeness (QED) is 0.490. The summed E-state index contributed by atoms with van der Waals surface area (Å²) in [5.74, 6) is 0. The van der Waals surface area contributed by atoms with Gasteiger partial charge in [-0.15, -0.1) is 0 Å². The van der Waals surface area contributed by atoms with E-state index in [9.17, 15) is 0 Å². The SMILES string of the molecule is CB(O)NC(C)Cc1ccc(N)cc1. The van der Waals surface area contributed by atoms with Gasteiger partial charge in [0.15, 0.2) is 0 Å². The van der Waals surface area contributed by atoms with E-state index in [2.05, 4.69) is 5.23 Å². The number of benzene rings is 1. The van der Waals surface area contributed by atoms with Crippen molar-refractivity contribution in [1.82, 2.24) is 5.23 Å². The third-order valence-corrected chi connectivity index (χ3v) is 2.05. The number of hydrogen-bond acceptors (Lipinski definition) is 3. The highest BCUT2D eigenvalue weighted by molar-refractivity contribution is 6.45. The van der Waals surface area contributed by atoms with Crippen molar-refractivity contribution in [3.8, 4) is 0 Å². The van der Waals surface area contributed by atoms with Crippen LogP contribution in [0.3, 0.4) is 0 Å². The van der Waals surface area contributed by atoms with E-state index in [-0.39, 0.29) is 6.04 Å². The van der Waals surface area contributed by atoms with Gasteiger partial charge in [0.2, 0.25) is 0 Å². The summed E-state index contributed by atoms with van der Waals surface area (Å²) in [6, 6.07) is 8.07. The van der Waals surface area contributed by atoms with Crippen LogP contribution in [-0.4, -0.2) is 18.1 Å². The van der Waals surface area contributed by atoms with Gasteiger partial charge in [0, 0.05) is 5.69 Å². The topological polar surface area (TPSA) is 58.3 Å². The summed E-state index contributed by atoms with van der Waals surface area (Å²) in [4.78, 5) is 0. The Kier molecular flexibility index (Phi) is 3.98. The molecule has 1 aromatic rings. The van der Waals surface area contributed by atoms with Crippen LogP contribution in [0, 0.1) is 0 Å². The molecule has 76 valence electrons. The molecular weight excluding hydrogens is 175 g/mol. The molecule has 1 atom stereocenters. The Morgan fingerprint density at radius 1 is 1.43 bits per heavy atom. The summed E-state index contributed by atoms with van der Waals surface area (Å²) >= 11 is 0. The van der Waals surface area contributed by atoms with Crippen molar-refractivity contribution in [2.75, 3.05) is 5.73 Å². The van der Waals surface area contributed by atoms with Gasteiger partial charge >= 0.3 is 7.05 Å². The van der Waals surface area contributed by atoms with Crippen molar-refractivity contribution >= 4 is 12.7 Å². The molecule has 0 aliphatic rings. The van der Waals surface area contributed by atoms with Gasteiger partial charge in [-0.2, -0.15) is 0 Å². The van der Waals surface area contributed by atoms with E-state index in [0.29, 0.717) is 0 Å². The van der Waals surface area contributed by atoms with Crippen LogP contribution in [0.5, 0.6) is 0 Å². The second kappa shape index (κ2) is 5.03. The Labute approximate surface area is 85.5 Å². The Bertz CT molecular complexity index is 274. The van der Waals surface area contributed by atoms with Crippen molar-refractivity contribution in [3.05, 3.63) is 29.8 Å². The lowest BCUT2D eigenvalue weighted by Gasteiger charge is -2.14. The molecule has 1 rings (SSSR count). The summed E-state index contributed by atoms with van der Waals surface area (Å²) in [6.45, 7) is 3.77. The second-order valence-corrected chi connectivity index (χ2v) is 3.69. The average molecular weight is 192 g/mol. The molecule has 0 radical (unpaired) electrons. The van der Waals surface area contributed by atoms with E-state index in [4.69, 9.17) is 10.8 Å². The van der Waals surface area contributed by atoms with Gasteiger partial charge in [0.25, 0.3) is 0 Å². The highest BCUT2D eigenvalue weighted by Crippen LogP contribution is 2.07. The fourth-order valence-corrected chi connectivity index (χ4v) is 1.48. The van der Waals surface area contributed by atoms with E-state index in [1.165, 1.54) is 5.56 Å². The molecule has 0 saturated heterocycles. The van der Waals surface area contributed by atoms with E-state index in [1.807, 2.05) is 31.2 Å². The fourth-order valence-electron chi connectivity index (χ4n) is 1.48. The molecule has 0 amide bonds. The molecule has 0 saturated carbocycles. The predicted octanol–water partition coefficient (Wildman–Crippen LogP) is 0.900. The summed E-state index contributed by atoms with van der Waals surface area (Å²) in [7, 11) is -0.459. The van der Waals surface area contributed by atoms with Crippen molar-refractivity contribution < 1.29 is 5.02 Å². The van der Waals surface area contributed by atoms with Crippen LogP contribution < -0.4 is 11.0 Å². The Hall–Kier alpha value is -0.995. The Morgan fingerprint density at radius 2 is 2.00 bits per heavy atom. The van der Waals surface area contributed by atoms with E-state index in [1.54, 1.807) is 6.82 Å². The van der Waals surface area contributed by atoms with Gasteiger partial charge in [-0.25, -0.2) is 0 Å². The molecule has 1 unspecified atom stereocenters. The van der Waals surface area contributed by atoms with Crippen LogP contribution >= 0.6 is 0 Å². The van der Waals surface area contributed by atoms with Crippen molar-refractivity contribution in [1.29, 1.82) is 0 Å². The first kappa shape index (κ1) is 11.1. The first-order valence-electron chi connectivity index (χ1n) is 4.86. The minimum absolute atomic E-state index is 0.263. The molecule has 0 aliphatic carbocycles. The van der Waals surface area contributed by atoms with Gasteiger partial charge in [-0.3, -0.25) is 0 Å². The van der Waals surface area contributed by atoms with Crippen LogP contribution in [0.4, 0.5) is 5.69 Å². The summed E-state index contributed by atoms with van der Waals surface area (Å²) in [5.41, 5.74) is 7.59. The third-order valence-electron chi connectivity index (χ3n) is 2.05. The van der Waals surface area contributed by atoms with Gasteiger partial charge < -0.3 is 16.0 Å². The van der Waals surface area contributed by atoms with Crippen LogP contribution in [0.15, 0.2) is 24.3 Å². The first-order valence-corrected chi connectivity index (χ1v) is 4.86. The monoisotopic (exact) mass is 192 g/mol. The largest absolute Gasteiger partial charge is 0.437 e. The lowest BCUT2D eigenvalue weighted by molar-refractivity contribution is 0.526. The maximum atomic E-state index is 9.11. The Balaban J connectivity index is 2.47. The molecule has 0 fully saturated rings. The molecule has 14 heavy (non-hydrogen) atoms. The average Bonchev–Trinajstić information content (AvgIpc) is 2.07. The third kappa shape index (κ3) is 3.81. The molecule has 0 spiro atoms. The molecular formula is C10H17BN2O. The number of hydrogen-bond donors (Lipinski definition) is 3. The molecule has 4 N–H and O–H groups in total. The van der Waals surface area contributed by atoms with Crippen molar-refractivity contribution in [2.45, 2.75) is 26.2 Å². The van der Waals surface area contributed by atoms with Crippen LogP contribution in [0.2, 0.25) is 6.82 Å². The predicted molar refractivity (Wildman–Crippen MR) is 61.0 cm³/mol. The summed E-state index contributed by atoms with van der Waals surface area (Å²) < 4.78 is 0. The van der Waals surface area contributed by atoms with Gasteiger partial charge in [0.1, 0.15) is 0 Å². The maximum Gasteiger partial charge on any atom is 0.373 e. The molecule has 0 aliphatic heterocycles. The summed E-state index contributed by atoms with van der Waals surface area (Å²) in [5, 5.41) is 12.1. The van der Waals surface area contributed by atoms with Crippen LogP contribution in [-0.2, 0) is 6.42 Å². The number of nitrogens with two attached hydrogens (primary N) is 1.